The summed E-state index contributed by atoms with van der Waals surface area (Å²) < 4.78 is 2.32. The number of allylic oxidation sites excluding steroid dienone is 1. The van der Waals surface area contributed by atoms with Gasteiger partial charge in [-0.2, -0.15) is 5.10 Å². The summed E-state index contributed by atoms with van der Waals surface area (Å²) in [5.41, 5.74) is 6.52. The summed E-state index contributed by atoms with van der Waals surface area (Å²) in [5, 5.41) is 9.40. The second-order valence-corrected chi connectivity index (χ2v) is 9.92. The molecule has 150 valence electrons. The average Bonchev–Trinajstić information content (AvgIpc) is 3.29. The van der Waals surface area contributed by atoms with E-state index in [0.717, 1.165) is 39.2 Å². The lowest BCUT2D eigenvalue weighted by atomic mass is 9.95. The number of anilines is 1. The Balaban J connectivity index is 1.66. The monoisotopic (exact) mass is 423 g/mol. The van der Waals surface area contributed by atoms with Crippen molar-refractivity contribution in [1.29, 1.82) is 0 Å². The van der Waals surface area contributed by atoms with Gasteiger partial charge < -0.3 is 5.32 Å². The maximum Gasteiger partial charge on any atom is 0.187 e. The fourth-order valence-electron chi connectivity index (χ4n) is 4.16. The van der Waals surface area contributed by atoms with Crippen molar-refractivity contribution in [1.82, 2.24) is 19.7 Å². The van der Waals surface area contributed by atoms with Gasteiger partial charge in [-0.25, -0.2) is 4.98 Å². The van der Waals surface area contributed by atoms with E-state index in [1.165, 1.54) is 47.6 Å². The normalized spacial score (nSPS) is 16.3. The predicted octanol–water partition coefficient (Wildman–Crippen LogP) is 6.43. The Kier molecular flexibility index (Phi) is 4.95. The number of rotatable bonds is 4. The summed E-state index contributed by atoms with van der Waals surface area (Å²) in [4.78, 5) is 11.9. The summed E-state index contributed by atoms with van der Waals surface area (Å²) in [6, 6.07) is 4.69. The lowest BCUT2D eigenvalue weighted by Crippen LogP contribution is -2.15. The third kappa shape index (κ3) is 3.51. The number of hydrogen-bond donors (Lipinski definition) is 1. The van der Waals surface area contributed by atoms with Crippen molar-refractivity contribution in [3.63, 3.8) is 0 Å². The molecule has 0 radical (unpaired) electrons. The van der Waals surface area contributed by atoms with E-state index in [4.69, 9.17) is 10.1 Å². The van der Waals surface area contributed by atoms with Gasteiger partial charge in [-0.05, 0) is 38.8 Å². The lowest BCUT2D eigenvalue weighted by molar-refractivity contribution is 0.332. The van der Waals surface area contributed by atoms with E-state index >= 15 is 0 Å². The van der Waals surface area contributed by atoms with E-state index in [0.29, 0.717) is 6.04 Å². The highest BCUT2D eigenvalue weighted by molar-refractivity contribution is 7.99. The van der Waals surface area contributed by atoms with Crippen molar-refractivity contribution < 1.29 is 0 Å². The Morgan fingerprint density at radius 1 is 1.24 bits per heavy atom. The number of fused-ring (bicyclic) bond motifs is 3. The number of aromatic nitrogens is 4. The van der Waals surface area contributed by atoms with Gasteiger partial charge in [0.25, 0.3) is 0 Å². The van der Waals surface area contributed by atoms with E-state index < -0.39 is 0 Å². The summed E-state index contributed by atoms with van der Waals surface area (Å²) in [6.07, 6.45) is 8.27. The molecule has 1 fully saturated rings. The number of pyridine rings is 1. The number of aryl methyl sites for hydroxylation is 1. The van der Waals surface area contributed by atoms with Gasteiger partial charge in [0.1, 0.15) is 5.69 Å². The maximum atomic E-state index is 5.18. The van der Waals surface area contributed by atoms with Crippen LogP contribution in [0.15, 0.2) is 35.5 Å². The predicted molar refractivity (Wildman–Crippen MR) is 121 cm³/mol. The molecule has 4 heterocycles. The van der Waals surface area contributed by atoms with Crippen molar-refractivity contribution in [2.45, 2.75) is 62.6 Å². The van der Waals surface area contributed by atoms with Crippen LogP contribution < -0.4 is 5.32 Å². The fourth-order valence-corrected chi connectivity index (χ4v) is 6.54. The highest BCUT2D eigenvalue weighted by atomic mass is 32.2. The van der Waals surface area contributed by atoms with E-state index in [2.05, 4.69) is 33.7 Å². The van der Waals surface area contributed by atoms with Crippen molar-refractivity contribution in [3.05, 3.63) is 42.0 Å². The average molecular weight is 424 g/mol. The van der Waals surface area contributed by atoms with Crippen LogP contribution in [0.3, 0.4) is 0 Å². The minimum absolute atomic E-state index is 0.468. The molecule has 0 aromatic carbocycles. The minimum Gasteiger partial charge on any atom is -0.336 e. The van der Waals surface area contributed by atoms with Gasteiger partial charge in [0.15, 0.2) is 5.13 Å². The molecule has 29 heavy (non-hydrogen) atoms. The molecular formula is C22H25N5S2. The van der Waals surface area contributed by atoms with E-state index in [9.17, 15) is 0 Å². The molecule has 7 heteroatoms. The van der Waals surface area contributed by atoms with Crippen molar-refractivity contribution in [2.75, 3.05) is 5.32 Å². The van der Waals surface area contributed by atoms with Gasteiger partial charge in [0.05, 0.1) is 27.2 Å². The smallest absolute Gasteiger partial charge is 0.187 e. The molecule has 2 aliphatic rings. The first-order valence-electron chi connectivity index (χ1n) is 10.2. The number of hydrogen-bond acceptors (Lipinski definition) is 6. The first-order valence-corrected chi connectivity index (χ1v) is 12.0. The highest BCUT2D eigenvalue weighted by Gasteiger charge is 2.32. The first-order chi connectivity index (χ1) is 14.1. The molecule has 0 spiro atoms. The molecule has 3 aromatic heterocycles. The Labute approximate surface area is 179 Å². The molecule has 0 amide bonds. The molecule has 0 unspecified atom stereocenters. The zero-order valence-electron chi connectivity index (χ0n) is 16.9. The largest absolute Gasteiger partial charge is 0.336 e. The van der Waals surface area contributed by atoms with Crippen molar-refractivity contribution in [3.8, 4) is 21.8 Å². The number of thiazole rings is 1. The molecular weight excluding hydrogens is 398 g/mol. The quantitative estimate of drug-likeness (QED) is 0.524. The third-order valence-electron chi connectivity index (χ3n) is 5.56. The lowest BCUT2D eigenvalue weighted by Gasteiger charge is -2.24. The summed E-state index contributed by atoms with van der Waals surface area (Å²) in [6.45, 7) is 7.96. The van der Waals surface area contributed by atoms with E-state index in [1.807, 2.05) is 31.8 Å². The summed E-state index contributed by atoms with van der Waals surface area (Å²) >= 11 is 3.58. The van der Waals surface area contributed by atoms with Gasteiger partial charge in [-0.1, -0.05) is 37.2 Å². The van der Waals surface area contributed by atoms with Crippen LogP contribution in [0.1, 0.15) is 56.5 Å². The van der Waals surface area contributed by atoms with Gasteiger partial charge in [0.2, 0.25) is 0 Å². The molecule has 1 aliphatic heterocycles. The second kappa shape index (κ2) is 7.61. The molecule has 1 N–H and O–H groups in total. The molecule has 1 aliphatic carbocycles. The van der Waals surface area contributed by atoms with Gasteiger partial charge in [0, 0.05) is 28.9 Å². The van der Waals surface area contributed by atoms with Crippen LogP contribution in [0.25, 0.3) is 21.8 Å². The Hall–Kier alpha value is -2.12. The van der Waals surface area contributed by atoms with Crippen LogP contribution in [0, 0.1) is 6.92 Å². The molecule has 0 saturated heterocycles. The third-order valence-corrected chi connectivity index (χ3v) is 7.67. The molecule has 0 bridgehead atoms. The van der Waals surface area contributed by atoms with Gasteiger partial charge in [-0.15, -0.1) is 11.8 Å². The SMILES string of the molecule is C=C(C)Nc1nc2c(s1)-c1c(c(-c3ccc(C)nc3)nn1C1CCCCC1)SC2. The topological polar surface area (TPSA) is 55.6 Å². The van der Waals surface area contributed by atoms with Crippen LogP contribution in [-0.2, 0) is 5.75 Å². The zero-order chi connectivity index (χ0) is 20.0. The van der Waals surface area contributed by atoms with Crippen LogP contribution in [-0.4, -0.2) is 19.7 Å². The standard InChI is InChI=1S/C22H25N5S2/c1-13(2)24-22-25-17-12-28-21-18(15-10-9-14(3)23-11-15)26-27(19(21)20(17)29-22)16-7-5-4-6-8-16/h9-11,16H,1,4-8,12H2,2-3H3,(H,24,25). The number of nitrogens with one attached hydrogen (secondary N) is 1. The Bertz CT molecular complexity index is 1060. The van der Waals surface area contributed by atoms with Crippen LogP contribution in [0.5, 0.6) is 0 Å². The Morgan fingerprint density at radius 3 is 2.79 bits per heavy atom. The molecule has 1 saturated carbocycles. The summed E-state index contributed by atoms with van der Waals surface area (Å²) in [7, 11) is 0. The number of nitrogens with zero attached hydrogens (tertiary/aromatic N) is 4. The van der Waals surface area contributed by atoms with Crippen LogP contribution in [0.4, 0.5) is 5.13 Å². The van der Waals surface area contributed by atoms with Crippen LogP contribution >= 0.6 is 23.1 Å². The zero-order valence-corrected chi connectivity index (χ0v) is 18.5. The Morgan fingerprint density at radius 2 is 2.07 bits per heavy atom. The second-order valence-electron chi connectivity index (χ2n) is 7.94. The van der Waals surface area contributed by atoms with Crippen molar-refractivity contribution in [2.24, 2.45) is 0 Å². The van der Waals surface area contributed by atoms with Gasteiger partial charge in [-0.3, -0.25) is 9.67 Å². The molecule has 5 nitrogen and oxygen atoms in total. The first kappa shape index (κ1) is 18.9. The maximum absolute atomic E-state index is 5.18. The summed E-state index contributed by atoms with van der Waals surface area (Å²) in [5.74, 6) is 0.874. The molecule has 0 atom stereocenters. The van der Waals surface area contributed by atoms with Gasteiger partial charge >= 0.3 is 0 Å². The van der Waals surface area contributed by atoms with Crippen molar-refractivity contribution >= 4 is 28.2 Å². The van der Waals surface area contributed by atoms with E-state index in [1.54, 1.807) is 11.3 Å². The molecule has 3 aromatic rings. The van der Waals surface area contributed by atoms with E-state index in [-0.39, 0.29) is 0 Å². The number of thioether (sulfide) groups is 1. The fraction of sp³-hybridized carbons (Fsp3) is 0.409. The highest BCUT2D eigenvalue weighted by Crippen LogP contribution is 2.50. The van der Waals surface area contributed by atoms with Crippen LogP contribution in [0.2, 0.25) is 0 Å². The molecule has 5 rings (SSSR count). The minimum atomic E-state index is 0.468.